The minimum Gasteiger partial charge on any atom is -0.317 e. The minimum atomic E-state index is -0.128. The summed E-state index contributed by atoms with van der Waals surface area (Å²) in [4.78, 5) is 0. The van der Waals surface area contributed by atoms with Crippen LogP contribution < -0.4 is 5.73 Å². The van der Waals surface area contributed by atoms with Crippen LogP contribution in [0.1, 0.15) is 29.9 Å². The summed E-state index contributed by atoms with van der Waals surface area (Å²) >= 11 is 0. The molecule has 0 aliphatic heterocycles. The molecule has 1 nitrogen and oxygen atoms in total. The Morgan fingerprint density at radius 2 is 2.21 bits per heavy atom. The van der Waals surface area contributed by atoms with Crippen LogP contribution in [0.15, 0.2) is 24.3 Å². The molecule has 2 atom stereocenters. The average Bonchev–Trinajstić information content (AvgIpc) is 2.27. The summed E-state index contributed by atoms with van der Waals surface area (Å²) in [5, 5.41) is 0. The lowest BCUT2D eigenvalue weighted by Gasteiger charge is -2.27. The van der Waals surface area contributed by atoms with Gasteiger partial charge in [0.2, 0.25) is 0 Å². The van der Waals surface area contributed by atoms with Gasteiger partial charge in [-0.1, -0.05) is 30.2 Å². The van der Waals surface area contributed by atoms with Gasteiger partial charge in [-0.05, 0) is 30.4 Å². The van der Waals surface area contributed by atoms with Crippen LogP contribution >= 0.6 is 0 Å². The molecule has 0 heterocycles. The van der Waals surface area contributed by atoms with Crippen molar-refractivity contribution in [2.45, 2.75) is 31.2 Å². The molecule has 0 aromatic heterocycles. The normalized spacial score (nSPS) is 22.1. The van der Waals surface area contributed by atoms with E-state index >= 15 is 0 Å². The van der Waals surface area contributed by atoms with Gasteiger partial charge in [0.1, 0.15) is 0 Å². The molecule has 0 bridgehead atoms. The third-order valence-electron chi connectivity index (χ3n) is 3.04. The van der Waals surface area contributed by atoms with Crippen LogP contribution in [0.4, 0.5) is 0 Å². The molecule has 0 fully saturated rings. The van der Waals surface area contributed by atoms with Crippen LogP contribution in [0, 0.1) is 12.3 Å². The van der Waals surface area contributed by atoms with Crippen LogP contribution in [-0.4, -0.2) is 6.04 Å². The molecular weight excluding hydrogens is 170 g/mol. The maximum absolute atomic E-state index is 5.93. The van der Waals surface area contributed by atoms with Crippen LogP contribution in [0.3, 0.4) is 0 Å². The van der Waals surface area contributed by atoms with Crippen molar-refractivity contribution in [2.24, 2.45) is 5.73 Å². The summed E-state index contributed by atoms with van der Waals surface area (Å²) in [7, 11) is 0. The lowest BCUT2D eigenvalue weighted by Crippen LogP contribution is -2.29. The minimum absolute atomic E-state index is 0.128. The molecule has 14 heavy (non-hydrogen) atoms. The Morgan fingerprint density at radius 3 is 3.00 bits per heavy atom. The van der Waals surface area contributed by atoms with E-state index in [0.717, 1.165) is 6.42 Å². The third-order valence-corrected chi connectivity index (χ3v) is 3.04. The molecule has 1 aliphatic rings. The lowest BCUT2D eigenvalue weighted by molar-refractivity contribution is 0.519. The highest BCUT2D eigenvalue weighted by molar-refractivity contribution is 5.35. The molecule has 2 N–H and O–H groups in total. The zero-order valence-corrected chi connectivity index (χ0v) is 8.24. The van der Waals surface area contributed by atoms with E-state index in [1.807, 2.05) is 0 Å². The van der Waals surface area contributed by atoms with Crippen molar-refractivity contribution in [3.63, 3.8) is 0 Å². The van der Waals surface area contributed by atoms with E-state index in [-0.39, 0.29) is 6.04 Å². The molecule has 0 radical (unpaired) electrons. The average molecular weight is 185 g/mol. The summed E-state index contributed by atoms with van der Waals surface area (Å²) in [6, 6.07) is 8.38. The zero-order valence-electron chi connectivity index (χ0n) is 8.24. The third kappa shape index (κ3) is 1.54. The van der Waals surface area contributed by atoms with E-state index in [0.29, 0.717) is 5.92 Å². The largest absolute Gasteiger partial charge is 0.317 e. The molecule has 1 aliphatic carbocycles. The van der Waals surface area contributed by atoms with Crippen molar-refractivity contribution in [1.82, 2.24) is 0 Å². The van der Waals surface area contributed by atoms with E-state index in [1.54, 1.807) is 0 Å². The van der Waals surface area contributed by atoms with Gasteiger partial charge in [0.25, 0.3) is 0 Å². The summed E-state index contributed by atoms with van der Waals surface area (Å²) in [5.41, 5.74) is 8.72. The highest BCUT2D eigenvalue weighted by atomic mass is 14.6. The number of terminal acetylenes is 1. The Bertz CT molecular complexity index is 362. The Kier molecular flexibility index (Phi) is 2.56. The van der Waals surface area contributed by atoms with Crippen LogP contribution in [0.5, 0.6) is 0 Å². The van der Waals surface area contributed by atoms with Crippen molar-refractivity contribution >= 4 is 0 Å². The van der Waals surface area contributed by atoms with E-state index < -0.39 is 0 Å². The molecule has 1 heteroatoms. The van der Waals surface area contributed by atoms with Crippen molar-refractivity contribution in [2.75, 3.05) is 0 Å². The number of aryl methyl sites for hydroxylation is 1. The second-order valence-electron chi connectivity index (χ2n) is 3.89. The fourth-order valence-corrected chi connectivity index (χ4v) is 2.28. The van der Waals surface area contributed by atoms with Crippen molar-refractivity contribution < 1.29 is 0 Å². The second kappa shape index (κ2) is 3.86. The number of nitrogens with two attached hydrogens (primary N) is 1. The number of rotatable bonds is 1. The Morgan fingerprint density at radius 1 is 1.43 bits per heavy atom. The lowest BCUT2D eigenvalue weighted by atomic mass is 9.79. The zero-order chi connectivity index (χ0) is 9.97. The van der Waals surface area contributed by atoms with Gasteiger partial charge in [0, 0.05) is 5.92 Å². The highest BCUT2D eigenvalue weighted by Gasteiger charge is 2.23. The summed E-state index contributed by atoms with van der Waals surface area (Å²) < 4.78 is 0. The summed E-state index contributed by atoms with van der Waals surface area (Å²) in [6.45, 7) is 0. The molecule has 0 saturated carbocycles. The topological polar surface area (TPSA) is 26.0 Å². The molecule has 0 amide bonds. The van der Waals surface area contributed by atoms with Crippen LogP contribution in [0.25, 0.3) is 0 Å². The van der Waals surface area contributed by atoms with Gasteiger partial charge >= 0.3 is 0 Å². The molecule has 2 rings (SSSR count). The van der Waals surface area contributed by atoms with Gasteiger partial charge in [-0.25, -0.2) is 0 Å². The van der Waals surface area contributed by atoms with Crippen molar-refractivity contribution in [3.8, 4) is 12.3 Å². The number of hydrogen-bond acceptors (Lipinski definition) is 1. The number of hydrogen-bond donors (Lipinski definition) is 1. The fraction of sp³-hybridized carbons (Fsp3) is 0.385. The first-order chi connectivity index (χ1) is 6.83. The molecule has 1 aromatic rings. The molecule has 1 aromatic carbocycles. The first-order valence-corrected chi connectivity index (χ1v) is 5.12. The Labute approximate surface area is 85.3 Å². The predicted octanol–water partition coefficient (Wildman–Crippen LogP) is 2.07. The SMILES string of the molecule is C#CC(N)C1CCCc2ccccc21. The maximum atomic E-state index is 5.93. The smallest absolute Gasteiger partial charge is 0.0731 e. The first-order valence-electron chi connectivity index (χ1n) is 5.12. The quantitative estimate of drug-likeness (QED) is 0.666. The summed E-state index contributed by atoms with van der Waals surface area (Å²) in [6.07, 6.45) is 8.89. The molecule has 0 spiro atoms. The Balaban J connectivity index is 2.36. The number of fused-ring (bicyclic) bond motifs is 1. The van der Waals surface area contributed by atoms with E-state index in [4.69, 9.17) is 12.2 Å². The molecular formula is C13H15N. The maximum Gasteiger partial charge on any atom is 0.0731 e. The van der Waals surface area contributed by atoms with Crippen molar-refractivity contribution in [1.29, 1.82) is 0 Å². The fourth-order valence-electron chi connectivity index (χ4n) is 2.28. The standard InChI is InChI=1S/C13H15N/c1-2-13(14)12-9-5-7-10-6-3-4-8-11(10)12/h1,3-4,6,8,12-13H,5,7,9,14H2. The predicted molar refractivity (Wildman–Crippen MR) is 58.9 cm³/mol. The van der Waals surface area contributed by atoms with E-state index in [1.165, 1.54) is 24.0 Å². The number of benzene rings is 1. The first kappa shape index (κ1) is 9.30. The molecule has 72 valence electrons. The molecule has 0 saturated heterocycles. The van der Waals surface area contributed by atoms with Gasteiger partial charge < -0.3 is 5.73 Å². The van der Waals surface area contributed by atoms with Gasteiger partial charge in [-0.2, -0.15) is 0 Å². The van der Waals surface area contributed by atoms with Crippen LogP contribution in [-0.2, 0) is 6.42 Å². The van der Waals surface area contributed by atoms with Crippen LogP contribution in [0.2, 0.25) is 0 Å². The highest BCUT2D eigenvalue weighted by Crippen LogP contribution is 2.32. The second-order valence-corrected chi connectivity index (χ2v) is 3.89. The van der Waals surface area contributed by atoms with Gasteiger partial charge in [-0.3, -0.25) is 0 Å². The molecule has 2 unspecified atom stereocenters. The van der Waals surface area contributed by atoms with Gasteiger partial charge in [0.05, 0.1) is 6.04 Å². The van der Waals surface area contributed by atoms with E-state index in [9.17, 15) is 0 Å². The van der Waals surface area contributed by atoms with Crippen molar-refractivity contribution in [3.05, 3.63) is 35.4 Å². The Hall–Kier alpha value is -1.26. The van der Waals surface area contributed by atoms with E-state index in [2.05, 4.69) is 30.2 Å². The van der Waals surface area contributed by atoms with Gasteiger partial charge in [-0.15, -0.1) is 6.42 Å². The van der Waals surface area contributed by atoms with Gasteiger partial charge in [0.15, 0.2) is 0 Å². The summed E-state index contributed by atoms with van der Waals surface area (Å²) in [5.74, 6) is 3.02. The monoisotopic (exact) mass is 185 g/mol.